The normalized spacial score (nSPS) is 23.6. The summed E-state index contributed by atoms with van der Waals surface area (Å²) in [7, 11) is 2.14. The van der Waals surface area contributed by atoms with Crippen LogP contribution in [0.5, 0.6) is 0 Å². The summed E-state index contributed by atoms with van der Waals surface area (Å²) in [5.74, 6) is 1.73. The van der Waals surface area contributed by atoms with Gasteiger partial charge in [0, 0.05) is 26.2 Å². The smallest absolute Gasteiger partial charge is 0.246 e. The zero-order valence-corrected chi connectivity index (χ0v) is 11.3. The minimum Gasteiger partial charge on any atom is -0.357 e. The van der Waals surface area contributed by atoms with Crippen LogP contribution >= 0.6 is 0 Å². The van der Waals surface area contributed by atoms with Crippen LogP contribution in [-0.4, -0.2) is 55.1 Å². The van der Waals surface area contributed by atoms with Crippen molar-refractivity contribution in [1.29, 1.82) is 0 Å². The van der Waals surface area contributed by atoms with Crippen LogP contribution < -0.4 is 15.5 Å². The summed E-state index contributed by atoms with van der Waals surface area (Å²) in [5.41, 5.74) is 0.765. The van der Waals surface area contributed by atoms with Gasteiger partial charge in [0.1, 0.15) is 11.9 Å². The van der Waals surface area contributed by atoms with Crippen molar-refractivity contribution >= 4 is 23.2 Å². The first kappa shape index (κ1) is 12.2. The van der Waals surface area contributed by atoms with Crippen molar-refractivity contribution in [3.8, 4) is 0 Å². The Labute approximate surface area is 112 Å². The summed E-state index contributed by atoms with van der Waals surface area (Å²) in [4.78, 5) is 20.8. The van der Waals surface area contributed by atoms with Gasteiger partial charge in [0.05, 0.1) is 5.69 Å². The number of rotatable bonds is 1. The Bertz CT molecular complexity index is 496. The van der Waals surface area contributed by atoms with Crippen molar-refractivity contribution in [3.05, 3.63) is 12.1 Å². The lowest BCUT2D eigenvalue weighted by atomic mass is 10.2. The van der Waals surface area contributed by atoms with Gasteiger partial charge in [0.2, 0.25) is 5.91 Å². The van der Waals surface area contributed by atoms with Crippen LogP contribution in [0.4, 0.5) is 17.3 Å². The summed E-state index contributed by atoms with van der Waals surface area (Å²) in [6, 6.07) is 3.66. The van der Waals surface area contributed by atoms with Gasteiger partial charge in [-0.2, -0.15) is 0 Å². The highest BCUT2D eigenvalue weighted by atomic mass is 16.2. The number of likely N-dealkylation sites (N-methyl/N-ethyl adjacent to an activating group) is 1. The van der Waals surface area contributed by atoms with E-state index in [2.05, 4.69) is 32.5 Å². The van der Waals surface area contributed by atoms with Crippen LogP contribution in [-0.2, 0) is 4.79 Å². The number of hydrogen-bond donors (Lipinski definition) is 2. The van der Waals surface area contributed by atoms with Crippen LogP contribution in [0.25, 0.3) is 0 Å². The molecule has 1 atom stereocenters. The van der Waals surface area contributed by atoms with E-state index in [1.165, 1.54) is 0 Å². The maximum Gasteiger partial charge on any atom is 0.246 e. The first-order chi connectivity index (χ1) is 9.13. The fraction of sp³-hybridized carbons (Fsp3) is 0.538. The number of pyridine rings is 1. The SMILES string of the molecule is CC1Nc2nc(N3CCN(C)CC3)ccc2NC1=O. The molecular weight excluding hydrogens is 242 g/mol. The van der Waals surface area contributed by atoms with Gasteiger partial charge < -0.3 is 20.4 Å². The molecule has 1 fully saturated rings. The molecule has 6 nitrogen and oxygen atoms in total. The van der Waals surface area contributed by atoms with E-state index < -0.39 is 0 Å². The Morgan fingerprint density at radius 1 is 1.26 bits per heavy atom. The maximum absolute atomic E-state index is 11.6. The fourth-order valence-corrected chi connectivity index (χ4v) is 2.38. The molecule has 0 aliphatic carbocycles. The average Bonchev–Trinajstić information content (AvgIpc) is 2.40. The molecule has 2 aliphatic rings. The second-order valence-corrected chi connectivity index (χ2v) is 5.21. The Morgan fingerprint density at radius 3 is 2.74 bits per heavy atom. The molecule has 0 saturated carbocycles. The van der Waals surface area contributed by atoms with E-state index in [9.17, 15) is 4.79 Å². The third-order valence-electron chi connectivity index (χ3n) is 3.71. The van der Waals surface area contributed by atoms with Gasteiger partial charge >= 0.3 is 0 Å². The number of nitrogens with one attached hydrogen (secondary N) is 2. The molecule has 19 heavy (non-hydrogen) atoms. The lowest BCUT2D eigenvalue weighted by molar-refractivity contribution is -0.116. The summed E-state index contributed by atoms with van der Waals surface area (Å²) in [5, 5.41) is 5.99. The molecule has 3 rings (SSSR count). The third-order valence-corrected chi connectivity index (χ3v) is 3.71. The van der Waals surface area contributed by atoms with Crippen LogP contribution in [0, 0.1) is 0 Å². The third kappa shape index (κ3) is 2.35. The van der Waals surface area contributed by atoms with Gasteiger partial charge in [0.25, 0.3) is 0 Å². The van der Waals surface area contributed by atoms with Gasteiger partial charge in [0.15, 0.2) is 5.82 Å². The average molecular weight is 261 g/mol. The topological polar surface area (TPSA) is 60.5 Å². The molecule has 1 aromatic heterocycles. The van der Waals surface area contributed by atoms with Gasteiger partial charge in [-0.05, 0) is 26.1 Å². The van der Waals surface area contributed by atoms with Crippen LogP contribution in [0.3, 0.4) is 0 Å². The molecule has 0 bridgehead atoms. The molecule has 1 unspecified atom stereocenters. The number of anilines is 3. The largest absolute Gasteiger partial charge is 0.357 e. The van der Waals surface area contributed by atoms with E-state index in [1.54, 1.807) is 0 Å². The van der Waals surface area contributed by atoms with E-state index in [-0.39, 0.29) is 11.9 Å². The lowest BCUT2D eigenvalue weighted by Crippen LogP contribution is -2.45. The maximum atomic E-state index is 11.6. The Balaban J connectivity index is 1.81. The molecule has 1 saturated heterocycles. The molecule has 1 amide bonds. The summed E-state index contributed by atoms with van der Waals surface area (Å²) < 4.78 is 0. The zero-order chi connectivity index (χ0) is 13.4. The highest BCUT2D eigenvalue weighted by Crippen LogP contribution is 2.27. The molecule has 2 N–H and O–H groups in total. The van der Waals surface area contributed by atoms with Gasteiger partial charge in [-0.3, -0.25) is 4.79 Å². The zero-order valence-electron chi connectivity index (χ0n) is 11.3. The van der Waals surface area contributed by atoms with E-state index >= 15 is 0 Å². The minimum atomic E-state index is -0.234. The second kappa shape index (κ2) is 4.70. The number of carbonyl (C=O) groups is 1. The molecule has 0 aromatic carbocycles. The number of piperazine rings is 1. The van der Waals surface area contributed by atoms with E-state index in [0.29, 0.717) is 0 Å². The van der Waals surface area contributed by atoms with Gasteiger partial charge in [-0.15, -0.1) is 0 Å². The van der Waals surface area contributed by atoms with Crippen molar-refractivity contribution < 1.29 is 4.79 Å². The van der Waals surface area contributed by atoms with E-state index in [0.717, 1.165) is 43.5 Å². The summed E-state index contributed by atoms with van der Waals surface area (Å²) in [6.07, 6.45) is 0. The molecule has 6 heteroatoms. The Morgan fingerprint density at radius 2 is 2.00 bits per heavy atom. The van der Waals surface area contributed by atoms with Gasteiger partial charge in [-0.25, -0.2) is 4.98 Å². The van der Waals surface area contributed by atoms with Crippen molar-refractivity contribution in [2.24, 2.45) is 0 Å². The van der Waals surface area contributed by atoms with Crippen molar-refractivity contribution in [2.75, 3.05) is 48.8 Å². The Kier molecular flexibility index (Phi) is 3.02. The summed E-state index contributed by atoms with van der Waals surface area (Å²) >= 11 is 0. The molecule has 3 heterocycles. The standard InChI is InChI=1S/C13H19N5O/c1-9-13(19)15-10-3-4-11(16-12(10)14-9)18-7-5-17(2)6-8-18/h3-4,9H,5-8H2,1-2H3,(H,14,16)(H,15,19). The van der Waals surface area contributed by atoms with Crippen LogP contribution in [0.1, 0.15) is 6.92 Å². The number of fused-ring (bicyclic) bond motifs is 1. The molecule has 2 aliphatic heterocycles. The molecule has 1 aromatic rings. The first-order valence-corrected chi connectivity index (χ1v) is 6.65. The minimum absolute atomic E-state index is 0.0124. The fourth-order valence-electron chi connectivity index (χ4n) is 2.38. The van der Waals surface area contributed by atoms with Crippen LogP contribution in [0.2, 0.25) is 0 Å². The van der Waals surface area contributed by atoms with E-state index in [1.807, 2.05) is 19.1 Å². The summed E-state index contributed by atoms with van der Waals surface area (Å²) in [6.45, 7) is 5.93. The molecule has 0 radical (unpaired) electrons. The quantitative estimate of drug-likeness (QED) is 0.774. The molecule has 102 valence electrons. The number of hydrogen-bond acceptors (Lipinski definition) is 5. The van der Waals surface area contributed by atoms with Gasteiger partial charge in [-0.1, -0.05) is 0 Å². The van der Waals surface area contributed by atoms with Crippen molar-refractivity contribution in [3.63, 3.8) is 0 Å². The lowest BCUT2D eigenvalue weighted by Gasteiger charge is -2.34. The molecule has 0 spiro atoms. The monoisotopic (exact) mass is 261 g/mol. The van der Waals surface area contributed by atoms with Crippen LogP contribution in [0.15, 0.2) is 12.1 Å². The number of carbonyl (C=O) groups excluding carboxylic acids is 1. The molecular formula is C13H19N5O. The van der Waals surface area contributed by atoms with E-state index in [4.69, 9.17) is 0 Å². The number of aromatic nitrogens is 1. The Hall–Kier alpha value is -1.82. The second-order valence-electron chi connectivity index (χ2n) is 5.21. The van der Waals surface area contributed by atoms with Crippen molar-refractivity contribution in [1.82, 2.24) is 9.88 Å². The first-order valence-electron chi connectivity index (χ1n) is 6.65. The van der Waals surface area contributed by atoms with Crippen molar-refractivity contribution in [2.45, 2.75) is 13.0 Å². The predicted octanol–water partition coefficient (Wildman–Crippen LogP) is 0.586. The highest BCUT2D eigenvalue weighted by Gasteiger charge is 2.23. The number of nitrogens with zero attached hydrogens (tertiary/aromatic N) is 3. The highest BCUT2D eigenvalue weighted by molar-refractivity contribution is 6.02. The number of amides is 1. The predicted molar refractivity (Wildman–Crippen MR) is 75.7 cm³/mol.